The molecular formula is C129H133F17O3. The summed E-state index contributed by atoms with van der Waals surface area (Å²) in [5.74, 6) is -10.5. The zero-order chi connectivity index (χ0) is 106. The van der Waals surface area contributed by atoms with Gasteiger partial charge in [-0.1, -0.05) is 259 Å². The Morgan fingerprint density at radius 3 is 0.852 bits per heavy atom. The lowest BCUT2D eigenvalue weighted by molar-refractivity contribution is -0.0124. The summed E-state index contributed by atoms with van der Waals surface area (Å²) in [6.45, 7) is 20.8. The highest BCUT2D eigenvalue weighted by Crippen LogP contribution is 2.50. The minimum atomic E-state index is -1.22. The highest BCUT2D eigenvalue weighted by Gasteiger charge is 2.37. The van der Waals surface area contributed by atoms with E-state index in [4.69, 9.17) is 14.2 Å². The smallest absolute Gasteiger partial charge is 0.201 e. The van der Waals surface area contributed by atoms with E-state index in [1.54, 1.807) is 55.5 Å². The maximum Gasteiger partial charge on any atom is 0.201 e. The second kappa shape index (κ2) is 49.7. The predicted molar refractivity (Wildman–Crippen MR) is 560 cm³/mol. The zero-order valence-corrected chi connectivity index (χ0v) is 86.5. The molecule has 7 aliphatic rings. The average molecular weight is 2050 g/mol. The van der Waals surface area contributed by atoms with Gasteiger partial charge in [0.15, 0.2) is 93.0 Å². The Bertz CT molecular complexity index is 6760. The fraction of sp³-hybridized carbons (Fsp3) is 0.395. The molecule has 149 heavy (non-hydrogen) atoms. The molecule has 0 spiro atoms. The van der Waals surface area contributed by atoms with Gasteiger partial charge in [-0.3, -0.25) is 0 Å². The number of benzene rings is 13. The third-order valence-electron chi connectivity index (χ3n) is 32.9. The van der Waals surface area contributed by atoms with Crippen LogP contribution in [0, 0.1) is 194 Å². The van der Waals surface area contributed by atoms with Crippen LogP contribution >= 0.6 is 0 Å². The lowest BCUT2D eigenvalue weighted by Gasteiger charge is -2.37. The molecule has 5 aliphatic carbocycles. The first-order valence-electron chi connectivity index (χ1n) is 53.3. The van der Waals surface area contributed by atoms with Crippen molar-refractivity contribution in [3.8, 4) is 83.6 Å². The van der Waals surface area contributed by atoms with Crippen molar-refractivity contribution in [2.45, 2.75) is 253 Å². The largest absolute Gasteiger partial charge is 0.490 e. The van der Waals surface area contributed by atoms with E-state index < -0.39 is 98.9 Å². The molecule has 0 radical (unpaired) electrons. The summed E-state index contributed by atoms with van der Waals surface area (Å²) in [4.78, 5) is 0. The number of rotatable bonds is 17. The third kappa shape index (κ3) is 25.9. The Hall–Kier alpha value is -11.6. The maximum absolute atomic E-state index is 14.9. The summed E-state index contributed by atoms with van der Waals surface area (Å²) < 4.78 is 264. The molecule has 13 aromatic rings. The Balaban J connectivity index is 0.000000133. The Morgan fingerprint density at radius 2 is 0.490 bits per heavy atom. The van der Waals surface area contributed by atoms with Crippen molar-refractivity contribution in [3.63, 3.8) is 0 Å². The van der Waals surface area contributed by atoms with Crippen molar-refractivity contribution < 1.29 is 88.8 Å². The number of halogens is 17. The van der Waals surface area contributed by atoms with Gasteiger partial charge in [-0.2, -0.15) is 4.39 Å². The van der Waals surface area contributed by atoms with Crippen LogP contribution in [0.25, 0.3) is 77.9 Å². The molecule has 0 bridgehead atoms. The van der Waals surface area contributed by atoms with Crippen LogP contribution in [0.3, 0.4) is 0 Å². The molecule has 2 aliphatic heterocycles. The van der Waals surface area contributed by atoms with Crippen LogP contribution in [0.4, 0.5) is 74.6 Å². The molecule has 4 unspecified atom stereocenters. The molecule has 786 valence electrons. The van der Waals surface area contributed by atoms with E-state index in [1.807, 2.05) is 67.6 Å². The van der Waals surface area contributed by atoms with E-state index in [-0.39, 0.29) is 102 Å². The van der Waals surface area contributed by atoms with Crippen LogP contribution in [0.2, 0.25) is 0 Å². The summed E-state index contributed by atoms with van der Waals surface area (Å²) >= 11 is 0. The van der Waals surface area contributed by atoms with E-state index in [9.17, 15) is 74.6 Å². The fourth-order valence-electron chi connectivity index (χ4n) is 23.1. The van der Waals surface area contributed by atoms with Gasteiger partial charge in [0.05, 0.1) is 18.8 Å². The number of hydrogen-bond acceptors (Lipinski definition) is 3. The Kier molecular flexibility index (Phi) is 36.7. The molecule has 4 atom stereocenters. The molecule has 2 saturated heterocycles. The van der Waals surface area contributed by atoms with Crippen molar-refractivity contribution in [1.82, 2.24) is 0 Å². The van der Waals surface area contributed by atoms with Crippen molar-refractivity contribution in [1.29, 1.82) is 0 Å². The van der Waals surface area contributed by atoms with Crippen LogP contribution in [0.15, 0.2) is 212 Å². The molecule has 3 nitrogen and oxygen atoms in total. The van der Waals surface area contributed by atoms with Gasteiger partial charge in [-0.25, -0.2) is 70.2 Å². The number of hydrogen-bond donors (Lipinski definition) is 0. The molecule has 7 fully saturated rings. The number of ether oxygens (including phenoxy) is 3. The third-order valence-corrected chi connectivity index (χ3v) is 32.9. The van der Waals surface area contributed by atoms with Gasteiger partial charge < -0.3 is 14.2 Å². The molecule has 5 saturated carbocycles. The van der Waals surface area contributed by atoms with Gasteiger partial charge in [-0.15, -0.1) is 0 Å². The minimum absolute atomic E-state index is 0.00749. The molecular weight excluding hydrogens is 1920 g/mol. The quantitative estimate of drug-likeness (QED) is 0.0851. The van der Waals surface area contributed by atoms with Gasteiger partial charge >= 0.3 is 0 Å². The van der Waals surface area contributed by atoms with E-state index in [2.05, 4.69) is 58.9 Å². The van der Waals surface area contributed by atoms with Crippen LogP contribution in [-0.2, 0) is 9.47 Å². The zero-order valence-electron chi connectivity index (χ0n) is 86.5. The SMILES string of the molecule is Cc1ccc(-c2ccc(-c3ccc(C4CCC(C)CO4)cc3)c(F)c2F)cc1.Cc1ccc(-c2ccc(-c3ccc(C4CCC(C)CO4)cc3)c(F)c2F)cc1F.Cc1ccc(-c2ccc(C3CCC(C4CCC(C)CC4)CC3)c(F)c2F)c(F)c1F.Cc1ccc(-c2ccc(OCC3CCC(C4CCC(C)CC4)CC3)c(F)c2F)c(F)c1F.Cc1ccc(C2CCC(c3ccc(-c4ccc(C)c(F)c4F)c(F)c3F)CC2)cc1. The lowest BCUT2D eigenvalue weighted by Crippen LogP contribution is -2.27. The fourth-order valence-corrected chi connectivity index (χ4v) is 23.1. The van der Waals surface area contributed by atoms with E-state index in [0.717, 1.165) is 149 Å². The summed E-state index contributed by atoms with van der Waals surface area (Å²) in [5, 5.41) is 0. The van der Waals surface area contributed by atoms with E-state index in [1.165, 1.54) is 175 Å². The average Bonchev–Trinajstić information content (AvgIpc) is 0.796. The second-order valence-electron chi connectivity index (χ2n) is 43.4. The minimum Gasteiger partial charge on any atom is -0.490 e. The first-order chi connectivity index (χ1) is 71.5. The van der Waals surface area contributed by atoms with Gasteiger partial charge in [0, 0.05) is 68.8 Å². The molecule has 2 heterocycles. The first kappa shape index (κ1) is 110. The van der Waals surface area contributed by atoms with Gasteiger partial charge in [-0.05, 0) is 331 Å². The van der Waals surface area contributed by atoms with Gasteiger partial charge in [0.25, 0.3) is 0 Å². The predicted octanol–water partition coefficient (Wildman–Crippen LogP) is 38.8. The summed E-state index contributed by atoms with van der Waals surface area (Å²) in [6, 6.07) is 58.0. The van der Waals surface area contributed by atoms with Gasteiger partial charge in [0.1, 0.15) is 5.82 Å². The molecule has 0 aromatic heterocycles. The molecule has 0 N–H and O–H groups in total. The van der Waals surface area contributed by atoms with E-state index in [0.29, 0.717) is 75.1 Å². The Labute approximate surface area is 866 Å². The number of aryl methyl sites for hydroxylation is 6. The second-order valence-corrected chi connectivity index (χ2v) is 43.4. The van der Waals surface area contributed by atoms with Crippen LogP contribution in [0.5, 0.6) is 5.75 Å². The highest BCUT2D eigenvalue weighted by molar-refractivity contribution is 5.75. The van der Waals surface area contributed by atoms with Crippen molar-refractivity contribution in [2.75, 3.05) is 19.8 Å². The molecule has 13 aromatic carbocycles. The van der Waals surface area contributed by atoms with Crippen LogP contribution in [0.1, 0.15) is 273 Å². The summed E-state index contributed by atoms with van der Waals surface area (Å²) in [5.41, 5.74) is 8.71. The van der Waals surface area contributed by atoms with Crippen molar-refractivity contribution in [2.24, 2.45) is 53.3 Å². The lowest BCUT2D eigenvalue weighted by atomic mass is 9.68. The maximum atomic E-state index is 14.9. The summed E-state index contributed by atoms with van der Waals surface area (Å²) in [6.07, 6.45) is 26.6. The summed E-state index contributed by atoms with van der Waals surface area (Å²) in [7, 11) is 0. The highest BCUT2D eigenvalue weighted by atomic mass is 19.2. The normalized spacial score (nSPS) is 22.4. The van der Waals surface area contributed by atoms with Crippen molar-refractivity contribution in [3.05, 3.63) is 372 Å². The monoisotopic (exact) mass is 2050 g/mol. The molecule has 20 rings (SSSR count). The molecule has 0 amide bonds. The van der Waals surface area contributed by atoms with E-state index >= 15 is 0 Å². The molecule has 20 heteroatoms. The Morgan fingerprint density at radius 1 is 0.221 bits per heavy atom. The topological polar surface area (TPSA) is 27.7 Å². The van der Waals surface area contributed by atoms with Crippen molar-refractivity contribution >= 4 is 0 Å². The first-order valence-corrected chi connectivity index (χ1v) is 53.3. The van der Waals surface area contributed by atoms with Crippen LogP contribution in [-0.4, -0.2) is 19.8 Å². The van der Waals surface area contributed by atoms with Gasteiger partial charge in [0.2, 0.25) is 5.82 Å². The standard InChI is InChI=1S/C27H32F4O.C26H30F4.C26H24F4.C25H23F3O.C25H24F2O/c1-16-3-8-19(9-4-16)20-10-6-18(7-11-20)15-32-23-14-13-22(26(30)27(23)31)21-12-5-17(2)24(28)25(21)29;2*1-15-3-6-17(7-4-15)18-8-10-19(11-9-18)20-13-14-22(26(30)24(20)28)21-12-5-16(2)23(27)25(21)29;1-15-3-12-23(29-14-15)18-8-6-17(7-9-18)20-10-11-21(25(28)24(20)27)19-5-4-16(2)22(26)13-19;1-16-3-6-18(7-4-16)21-12-13-22(25(27)24(21)26)19-8-10-20(11-9-19)23-14-5-17(2)15-28-23/h5,12-14,16,18-20H,3-4,6-11,15H2,1-2H3;5,12-15,17-19H,3-4,6-11H2,1-2H3;3-7,12-14,18-19H,8-11H2,1-2H3;4-11,13,15,23H,3,12,14H2,1-2H3;3-4,6-13,17,23H,5,14-15H2,1-2H3. The van der Waals surface area contributed by atoms with Crippen LogP contribution < -0.4 is 4.74 Å².